The van der Waals surface area contributed by atoms with E-state index >= 15 is 0 Å². The first kappa shape index (κ1) is 17.3. The number of hydrogen-bond acceptors (Lipinski definition) is 4. The van der Waals surface area contributed by atoms with Gasteiger partial charge in [-0.05, 0) is 30.8 Å². The van der Waals surface area contributed by atoms with Crippen molar-refractivity contribution >= 4 is 22.9 Å². The van der Waals surface area contributed by atoms with Gasteiger partial charge in [0.2, 0.25) is 5.91 Å². The Hall–Kier alpha value is -2.50. The highest BCUT2D eigenvalue weighted by molar-refractivity contribution is 6.05. The number of nitrogens with one attached hydrogen (secondary N) is 1. The minimum Gasteiger partial charge on any atom is -0.344 e. The molecule has 3 rings (SSSR count). The summed E-state index contributed by atoms with van der Waals surface area (Å²) in [5.41, 5.74) is 2.78. The first-order chi connectivity index (χ1) is 12.0. The summed E-state index contributed by atoms with van der Waals surface area (Å²) in [7, 11) is 0. The van der Waals surface area contributed by atoms with Crippen LogP contribution in [0.2, 0.25) is 0 Å². The fourth-order valence-electron chi connectivity index (χ4n) is 3.48. The van der Waals surface area contributed by atoms with Crippen LogP contribution in [-0.4, -0.2) is 44.6 Å². The summed E-state index contributed by atoms with van der Waals surface area (Å²) in [6.45, 7) is 9.15. The van der Waals surface area contributed by atoms with Gasteiger partial charge in [0.15, 0.2) is 11.4 Å². The highest BCUT2D eigenvalue weighted by atomic mass is 16.2. The van der Waals surface area contributed by atoms with Gasteiger partial charge in [0.05, 0.1) is 17.5 Å². The normalized spacial score (nSPS) is 20.2. The molecule has 6 nitrogen and oxygen atoms in total. The lowest BCUT2D eigenvalue weighted by molar-refractivity contribution is -0.125. The van der Waals surface area contributed by atoms with Gasteiger partial charge < -0.3 is 9.88 Å². The summed E-state index contributed by atoms with van der Waals surface area (Å²) >= 11 is 0. The number of H-pyrrole nitrogens is 1. The third-order valence-corrected chi connectivity index (χ3v) is 4.93. The first-order valence-corrected chi connectivity index (χ1v) is 8.81. The second kappa shape index (κ2) is 7.17. The molecule has 1 aliphatic rings. The lowest BCUT2D eigenvalue weighted by Crippen LogP contribution is -2.27. The second-order valence-corrected chi connectivity index (χ2v) is 6.82. The molecule has 1 aliphatic heterocycles. The van der Waals surface area contributed by atoms with E-state index in [-0.39, 0.29) is 11.7 Å². The number of carbonyl (C=O) groups is 2. The van der Waals surface area contributed by atoms with Crippen LogP contribution in [0.5, 0.6) is 0 Å². The average molecular weight is 340 g/mol. The van der Waals surface area contributed by atoms with Crippen LogP contribution in [0.25, 0.3) is 11.2 Å². The monoisotopic (exact) mass is 340 g/mol. The van der Waals surface area contributed by atoms with Gasteiger partial charge in [-0.3, -0.25) is 9.59 Å². The quantitative estimate of drug-likeness (QED) is 0.648. The van der Waals surface area contributed by atoms with Crippen molar-refractivity contribution in [2.45, 2.75) is 33.1 Å². The molecule has 1 saturated heterocycles. The summed E-state index contributed by atoms with van der Waals surface area (Å²) in [4.78, 5) is 38.0. The van der Waals surface area contributed by atoms with Gasteiger partial charge in [0.1, 0.15) is 5.52 Å². The number of likely N-dealkylation sites (tertiary alicyclic amines) is 1. The molecule has 0 saturated carbocycles. The van der Waals surface area contributed by atoms with Crippen molar-refractivity contribution in [1.29, 1.82) is 0 Å². The summed E-state index contributed by atoms with van der Waals surface area (Å²) in [6, 6.07) is 0. The maximum absolute atomic E-state index is 12.2. The molecule has 0 unspecified atom stereocenters. The fourth-order valence-corrected chi connectivity index (χ4v) is 3.48. The zero-order valence-corrected chi connectivity index (χ0v) is 14.8. The van der Waals surface area contributed by atoms with Crippen LogP contribution in [-0.2, 0) is 11.2 Å². The molecule has 2 atom stereocenters. The SMILES string of the molecule is C=CC(=O)N1C[C@H](Cc2cnc3[nH]cc(C(=O)CCC)c3n2)[C@H](C)C1. The fraction of sp³-hybridized carbons (Fsp3) is 0.474. The Balaban J connectivity index is 1.80. The van der Waals surface area contributed by atoms with Gasteiger partial charge in [-0.15, -0.1) is 0 Å². The number of aromatic nitrogens is 3. The van der Waals surface area contributed by atoms with Crippen LogP contribution in [0.15, 0.2) is 25.0 Å². The molecule has 1 fully saturated rings. The summed E-state index contributed by atoms with van der Waals surface area (Å²) in [5, 5.41) is 0. The number of carbonyl (C=O) groups excluding carboxylic acids is 2. The van der Waals surface area contributed by atoms with Crippen molar-refractivity contribution in [2.24, 2.45) is 11.8 Å². The third kappa shape index (κ3) is 3.48. The van der Waals surface area contributed by atoms with Gasteiger partial charge >= 0.3 is 0 Å². The molecule has 1 N–H and O–H groups in total. The third-order valence-electron chi connectivity index (χ3n) is 4.93. The topological polar surface area (TPSA) is 79.0 Å². The van der Waals surface area contributed by atoms with Gasteiger partial charge in [-0.25, -0.2) is 9.97 Å². The number of amides is 1. The predicted octanol–water partition coefficient (Wildman–Crippen LogP) is 2.76. The van der Waals surface area contributed by atoms with E-state index in [1.807, 2.05) is 11.8 Å². The van der Waals surface area contributed by atoms with Gasteiger partial charge in [0.25, 0.3) is 0 Å². The van der Waals surface area contributed by atoms with E-state index in [1.54, 1.807) is 12.4 Å². The second-order valence-electron chi connectivity index (χ2n) is 6.82. The van der Waals surface area contributed by atoms with Crippen molar-refractivity contribution in [1.82, 2.24) is 19.9 Å². The Labute approximate surface area is 147 Å². The van der Waals surface area contributed by atoms with Crippen LogP contribution in [0.4, 0.5) is 0 Å². The van der Waals surface area contributed by atoms with Crippen LogP contribution < -0.4 is 0 Å². The van der Waals surface area contributed by atoms with E-state index < -0.39 is 0 Å². The highest BCUT2D eigenvalue weighted by Crippen LogP contribution is 2.27. The van der Waals surface area contributed by atoms with Crippen LogP contribution in [0.3, 0.4) is 0 Å². The number of nitrogens with zero attached hydrogens (tertiary/aromatic N) is 3. The summed E-state index contributed by atoms with van der Waals surface area (Å²) in [5.74, 6) is 0.810. The molecule has 25 heavy (non-hydrogen) atoms. The molecular weight excluding hydrogens is 316 g/mol. The number of Topliss-reactive ketones (excluding diaryl/α,β-unsaturated/α-hetero) is 1. The molecule has 0 bridgehead atoms. The van der Waals surface area contributed by atoms with Crippen molar-refractivity contribution in [3.05, 3.63) is 36.3 Å². The number of ketones is 1. The highest BCUT2D eigenvalue weighted by Gasteiger charge is 2.31. The van der Waals surface area contributed by atoms with E-state index in [1.165, 1.54) is 6.08 Å². The molecule has 3 heterocycles. The molecule has 132 valence electrons. The standard InChI is InChI=1S/C19H24N4O2/c1-4-6-16(24)15-9-21-19-18(15)22-14(8-20-19)7-13-11-23(10-12(13)3)17(25)5-2/h5,8-9,12-13H,2,4,6-7,10-11H2,1,3H3,(H,20,21)/t12-,13+/m1/s1. The van der Waals surface area contributed by atoms with Gasteiger partial charge in [0, 0.05) is 25.7 Å². The van der Waals surface area contributed by atoms with Crippen LogP contribution >= 0.6 is 0 Å². The lowest BCUT2D eigenvalue weighted by atomic mass is 9.93. The van der Waals surface area contributed by atoms with Crippen molar-refractivity contribution < 1.29 is 9.59 Å². The zero-order chi connectivity index (χ0) is 18.0. The Morgan fingerprint density at radius 2 is 2.24 bits per heavy atom. The molecule has 0 aliphatic carbocycles. The van der Waals surface area contributed by atoms with E-state index in [9.17, 15) is 9.59 Å². The number of rotatable bonds is 6. The van der Waals surface area contributed by atoms with Crippen LogP contribution in [0, 0.1) is 11.8 Å². The van der Waals surface area contributed by atoms with E-state index in [4.69, 9.17) is 0 Å². The molecule has 2 aromatic rings. The molecule has 1 amide bonds. The Bertz CT molecular complexity index is 811. The molecule has 6 heteroatoms. The summed E-state index contributed by atoms with van der Waals surface area (Å²) in [6.07, 6.45) is 6.90. The number of aromatic amines is 1. The smallest absolute Gasteiger partial charge is 0.245 e. The van der Waals surface area contributed by atoms with E-state index in [2.05, 4.69) is 28.5 Å². The minimum atomic E-state index is -0.0195. The zero-order valence-electron chi connectivity index (χ0n) is 14.8. The van der Waals surface area contributed by atoms with Crippen molar-refractivity contribution in [3.63, 3.8) is 0 Å². The lowest BCUT2D eigenvalue weighted by Gasteiger charge is -2.14. The van der Waals surface area contributed by atoms with Crippen molar-refractivity contribution in [3.8, 4) is 0 Å². The van der Waals surface area contributed by atoms with Crippen molar-refractivity contribution in [2.75, 3.05) is 13.1 Å². The van der Waals surface area contributed by atoms with E-state index in [0.717, 1.165) is 25.1 Å². The average Bonchev–Trinajstić information content (AvgIpc) is 3.18. The van der Waals surface area contributed by atoms with Gasteiger partial charge in [-0.1, -0.05) is 20.4 Å². The summed E-state index contributed by atoms with van der Waals surface area (Å²) < 4.78 is 0. The molecule has 0 aromatic carbocycles. The first-order valence-electron chi connectivity index (χ1n) is 8.81. The molecular formula is C19H24N4O2. The largest absolute Gasteiger partial charge is 0.344 e. The maximum atomic E-state index is 12.2. The molecule has 0 spiro atoms. The Morgan fingerprint density at radius 1 is 1.44 bits per heavy atom. The Morgan fingerprint density at radius 3 is 2.96 bits per heavy atom. The van der Waals surface area contributed by atoms with E-state index in [0.29, 0.717) is 41.5 Å². The maximum Gasteiger partial charge on any atom is 0.245 e. The number of hydrogen-bond donors (Lipinski definition) is 1. The molecule has 0 radical (unpaired) electrons. The predicted molar refractivity (Wildman–Crippen MR) is 96.3 cm³/mol. The Kier molecular flexibility index (Phi) is 4.97. The van der Waals surface area contributed by atoms with Crippen LogP contribution in [0.1, 0.15) is 42.7 Å². The minimum absolute atomic E-state index is 0.0195. The van der Waals surface area contributed by atoms with Gasteiger partial charge in [-0.2, -0.15) is 0 Å². The molecule has 2 aromatic heterocycles. The number of fused-ring (bicyclic) bond motifs is 1.